The SMILES string of the molecule is C=CCC1(C(=O)SC(C)(C)C)COC(C(C)(C)C)O1. The van der Waals surface area contributed by atoms with Gasteiger partial charge >= 0.3 is 0 Å². The predicted octanol–water partition coefficient (Wildman–Crippen LogP) is 3.78. The van der Waals surface area contributed by atoms with E-state index in [0.29, 0.717) is 13.0 Å². The van der Waals surface area contributed by atoms with Gasteiger partial charge in [0.2, 0.25) is 5.12 Å². The van der Waals surface area contributed by atoms with Crippen LogP contribution in [0.25, 0.3) is 0 Å². The highest BCUT2D eigenvalue weighted by Crippen LogP contribution is 2.40. The molecule has 19 heavy (non-hydrogen) atoms. The zero-order chi connectivity index (χ0) is 14.9. The second-order valence-electron chi connectivity index (χ2n) is 7.12. The Balaban J connectivity index is 2.89. The fourth-order valence-corrected chi connectivity index (χ4v) is 2.74. The Morgan fingerprint density at radius 1 is 1.37 bits per heavy atom. The zero-order valence-electron chi connectivity index (χ0n) is 12.9. The molecule has 4 heteroatoms. The van der Waals surface area contributed by atoms with Crippen LogP contribution in [0.2, 0.25) is 0 Å². The van der Waals surface area contributed by atoms with Crippen molar-refractivity contribution >= 4 is 16.9 Å². The predicted molar refractivity (Wildman–Crippen MR) is 80.2 cm³/mol. The summed E-state index contributed by atoms with van der Waals surface area (Å²) in [4.78, 5) is 12.6. The van der Waals surface area contributed by atoms with Gasteiger partial charge in [0, 0.05) is 16.6 Å². The van der Waals surface area contributed by atoms with Crippen LogP contribution in [0.3, 0.4) is 0 Å². The second-order valence-corrected chi connectivity index (χ2v) is 8.92. The number of rotatable bonds is 3. The summed E-state index contributed by atoms with van der Waals surface area (Å²) < 4.78 is 11.6. The van der Waals surface area contributed by atoms with E-state index in [2.05, 4.69) is 6.58 Å². The summed E-state index contributed by atoms with van der Waals surface area (Å²) in [6.45, 7) is 16.2. The first-order valence-corrected chi connectivity index (χ1v) is 7.46. The van der Waals surface area contributed by atoms with Crippen LogP contribution < -0.4 is 0 Å². The first-order chi connectivity index (χ1) is 8.50. The smallest absolute Gasteiger partial charge is 0.224 e. The van der Waals surface area contributed by atoms with Gasteiger partial charge in [-0.3, -0.25) is 4.79 Å². The quantitative estimate of drug-likeness (QED) is 0.740. The van der Waals surface area contributed by atoms with Gasteiger partial charge in [-0.25, -0.2) is 0 Å². The number of carbonyl (C=O) groups is 1. The van der Waals surface area contributed by atoms with Crippen LogP contribution in [-0.2, 0) is 14.3 Å². The van der Waals surface area contributed by atoms with E-state index in [0.717, 1.165) is 0 Å². The van der Waals surface area contributed by atoms with Gasteiger partial charge in [-0.1, -0.05) is 59.4 Å². The van der Waals surface area contributed by atoms with Gasteiger partial charge in [0.1, 0.15) is 0 Å². The lowest BCUT2D eigenvalue weighted by Crippen LogP contribution is -2.42. The van der Waals surface area contributed by atoms with Crippen LogP contribution in [0.5, 0.6) is 0 Å². The third-order valence-corrected chi connectivity index (χ3v) is 3.92. The van der Waals surface area contributed by atoms with Gasteiger partial charge in [0.15, 0.2) is 11.9 Å². The fourth-order valence-electron chi connectivity index (χ4n) is 1.81. The van der Waals surface area contributed by atoms with E-state index >= 15 is 0 Å². The molecule has 1 aliphatic heterocycles. The van der Waals surface area contributed by atoms with E-state index in [1.165, 1.54) is 11.8 Å². The van der Waals surface area contributed by atoms with Crippen LogP contribution in [-0.4, -0.2) is 28.4 Å². The molecule has 0 aromatic rings. The highest BCUT2D eigenvalue weighted by molar-refractivity contribution is 8.14. The molecule has 0 N–H and O–H groups in total. The van der Waals surface area contributed by atoms with Crippen LogP contribution in [0.4, 0.5) is 0 Å². The van der Waals surface area contributed by atoms with E-state index < -0.39 is 5.60 Å². The van der Waals surface area contributed by atoms with Crippen molar-refractivity contribution in [3.63, 3.8) is 0 Å². The monoisotopic (exact) mass is 286 g/mol. The van der Waals surface area contributed by atoms with E-state index in [1.54, 1.807) is 6.08 Å². The van der Waals surface area contributed by atoms with Crippen molar-refractivity contribution in [3.05, 3.63) is 12.7 Å². The number of thioether (sulfide) groups is 1. The number of carbonyl (C=O) groups excluding carboxylic acids is 1. The molecule has 0 aromatic carbocycles. The van der Waals surface area contributed by atoms with Crippen LogP contribution in [0, 0.1) is 5.41 Å². The van der Waals surface area contributed by atoms with Crippen molar-refractivity contribution in [2.75, 3.05) is 6.61 Å². The zero-order valence-corrected chi connectivity index (χ0v) is 13.7. The molecule has 0 amide bonds. The van der Waals surface area contributed by atoms with Crippen LogP contribution in [0.1, 0.15) is 48.0 Å². The van der Waals surface area contributed by atoms with Crippen LogP contribution in [0.15, 0.2) is 12.7 Å². The Labute approximate surface area is 121 Å². The van der Waals surface area contributed by atoms with Gasteiger partial charge in [0.05, 0.1) is 6.61 Å². The molecule has 1 rings (SSSR count). The molecule has 0 spiro atoms. The third-order valence-electron chi connectivity index (χ3n) is 2.75. The Bertz CT molecular complexity index is 351. The Hall–Kier alpha value is -0.320. The van der Waals surface area contributed by atoms with E-state index in [1.807, 2.05) is 41.5 Å². The van der Waals surface area contributed by atoms with E-state index in [9.17, 15) is 4.79 Å². The van der Waals surface area contributed by atoms with Gasteiger partial charge in [-0.15, -0.1) is 6.58 Å². The summed E-state index contributed by atoms with van der Waals surface area (Å²) in [6, 6.07) is 0. The number of ether oxygens (including phenoxy) is 2. The molecule has 0 aromatic heterocycles. The van der Waals surface area contributed by atoms with E-state index in [4.69, 9.17) is 9.47 Å². The molecule has 3 nitrogen and oxygen atoms in total. The van der Waals surface area contributed by atoms with Gasteiger partial charge in [0.25, 0.3) is 0 Å². The fraction of sp³-hybridized carbons (Fsp3) is 0.800. The minimum atomic E-state index is -0.877. The molecule has 1 fully saturated rings. The lowest BCUT2D eigenvalue weighted by atomic mass is 9.96. The lowest BCUT2D eigenvalue weighted by Gasteiger charge is -2.30. The second kappa shape index (κ2) is 5.58. The topological polar surface area (TPSA) is 35.5 Å². The molecular weight excluding hydrogens is 260 g/mol. The number of hydrogen-bond donors (Lipinski definition) is 0. The Kier molecular flexibility index (Phi) is 4.92. The average molecular weight is 286 g/mol. The minimum Gasteiger partial charge on any atom is -0.349 e. The summed E-state index contributed by atoms with van der Waals surface area (Å²) >= 11 is 1.31. The first kappa shape index (κ1) is 16.7. The largest absolute Gasteiger partial charge is 0.349 e. The molecular formula is C15H26O3S. The Morgan fingerprint density at radius 2 is 1.95 bits per heavy atom. The average Bonchev–Trinajstić information content (AvgIpc) is 2.60. The minimum absolute atomic E-state index is 0.0339. The summed E-state index contributed by atoms with van der Waals surface area (Å²) in [5.74, 6) is 0. The maximum Gasteiger partial charge on any atom is 0.224 e. The van der Waals surface area contributed by atoms with E-state index in [-0.39, 0.29) is 21.6 Å². The molecule has 1 saturated heterocycles. The molecule has 2 atom stereocenters. The van der Waals surface area contributed by atoms with Crippen molar-refractivity contribution in [1.29, 1.82) is 0 Å². The van der Waals surface area contributed by atoms with Gasteiger partial charge < -0.3 is 9.47 Å². The van der Waals surface area contributed by atoms with Crippen molar-refractivity contribution in [2.45, 2.75) is 64.6 Å². The molecule has 1 aliphatic rings. The maximum absolute atomic E-state index is 12.6. The highest BCUT2D eigenvalue weighted by Gasteiger charge is 2.50. The molecule has 2 unspecified atom stereocenters. The molecule has 0 radical (unpaired) electrons. The lowest BCUT2D eigenvalue weighted by molar-refractivity contribution is -0.155. The molecule has 1 heterocycles. The molecule has 0 bridgehead atoms. The number of hydrogen-bond acceptors (Lipinski definition) is 4. The molecule has 0 saturated carbocycles. The molecule has 110 valence electrons. The van der Waals surface area contributed by atoms with Crippen molar-refractivity contribution in [3.8, 4) is 0 Å². The normalized spacial score (nSPS) is 28.4. The first-order valence-electron chi connectivity index (χ1n) is 6.64. The van der Waals surface area contributed by atoms with Crippen molar-refractivity contribution in [2.24, 2.45) is 5.41 Å². The Morgan fingerprint density at radius 3 is 2.32 bits per heavy atom. The van der Waals surface area contributed by atoms with Gasteiger partial charge in [-0.2, -0.15) is 0 Å². The summed E-state index contributed by atoms with van der Waals surface area (Å²) in [5, 5.41) is 0.0339. The summed E-state index contributed by atoms with van der Waals surface area (Å²) in [5.41, 5.74) is -1.02. The van der Waals surface area contributed by atoms with Crippen molar-refractivity contribution in [1.82, 2.24) is 0 Å². The molecule has 0 aliphatic carbocycles. The van der Waals surface area contributed by atoms with Crippen molar-refractivity contribution < 1.29 is 14.3 Å². The summed E-state index contributed by atoms with van der Waals surface area (Å²) in [7, 11) is 0. The summed E-state index contributed by atoms with van der Waals surface area (Å²) in [6.07, 6.45) is 1.87. The third kappa shape index (κ3) is 4.33. The van der Waals surface area contributed by atoms with Gasteiger partial charge in [-0.05, 0) is 0 Å². The highest BCUT2D eigenvalue weighted by atomic mass is 32.2. The maximum atomic E-state index is 12.6. The van der Waals surface area contributed by atoms with Crippen LogP contribution >= 0.6 is 11.8 Å². The standard InChI is InChI=1S/C15H26O3S/c1-8-9-15(11(16)19-14(5,6)7)10-17-12(18-15)13(2,3)4/h8,12H,1,9-10H2,2-7H3.